The molecule has 0 saturated heterocycles. The topological polar surface area (TPSA) is 35.5 Å². The molecule has 1 aliphatic rings. The van der Waals surface area contributed by atoms with Crippen LogP contribution in [0.2, 0.25) is 5.02 Å². The Morgan fingerprint density at radius 3 is 2.53 bits per heavy atom. The molecule has 0 radical (unpaired) electrons. The van der Waals surface area contributed by atoms with Crippen molar-refractivity contribution in [3.63, 3.8) is 0 Å². The number of cyclic esters (lactones) is 1. The van der Waals surface area contributed by atoms with Crippen molar-refractivity contribution in [2.75, 3.05) is 0 Å². The summed E-state index contributed by atoms with van der Waals surface area (Å²) < 4.78 is 10.3. The molecule has 0 N–H and O–H groups in total. The molecule has 4 heteroatoms. The van der Waals surface area contributed by atoms with Crippen LogP contribution in [0.5, 0.6) is 5.75 Å². The SMILES string of the molecule is CC1=CC(Oc2ccc(Cl)cc2)OC1=O. The van der Waals surface area contributed by atoms with Gasteiger partial charge in [-0.05, 0) is 31.2 Å². The maximum Gasteiger partial charge on any atom is 0.336 e. The van der Waals surface area contributed by atoms with Crippen LogP contribution in [0.15, 0.2) is 35.9 Å². The summed E-state index contributed by atoms with van der Waals surface area (Å²) in [6.45, 7) is 1.69. The van der Waals surface area contributed by atoms with Crippen LogP contribution < -0.4 is 4.74 Å². The number of ether oxygens (including phenoxy) is 2. The second kappa shape index (κ2) is 3.95. The molecule has 1 atom stereocenters. The number of carbonyl (C=O) groups is 1. The van der Waals surface area contributed by atoms with Crippen LogP contribution in [-0.2, 0) is 9.53 Å². The minimum Gasteiger partial charge on any atom is -0.451 e. The van der Waals surface area contributed by atoms with Crippen molar-refractivity contribution >= 4 is 17.6 Å². The average molecular weight is 225 g/mol. The molecule has 0 bridgehead atoms. The number of esters is 1. The molecule has 1 aliphatic heterocycles. The Morgan fingerprint density at radius 1 is 1.33 bits per heavy atom. The zero-order valence-electron chi connectivity index (χ0n) is 8.07. The number of hydrogen-bond donors (Lipinski definition) is 0. The molecule has 1 heterocycles. The van der Waals surface area contributed by atoms with Crippen LogP contribution in [0.1, 0.15) is 6.92 Å². The van der Waals surface area contributed by atoms with Crippen molar-refractivity contribution in [3.8, 4) is 5.75 Å². The van der Waals surface area contributed by atoms with Gasteiger partial charge >= 0.3 is 5.97 Å². The van der Waals surface area contributed by atoms with E-state index < -0.39 is 6.29 Å². The lowest BCUT2D eigenvalue weighted by molar-refractivity contribution is -0.148. The fourth-order valence-corrected chi connectivity index (χ4v) is 1.34. The van der Waals surface area contributed by atoms with Gasteiger partial charge in [0, 0.05) is 16.7 Å². The van der Waals surface area contributed by atoms with Crippen molar-refractivity contribution in [1.29, 1.82) is 0 Å². The minimum absolute atomic E-state index is 0.339. The van der Waals surface area contributed by atoms with E-state index in [0.717, 1.165) is 0 Å². The van der Waals surface area contributed by atoms with Crippen LogP contribution in [0.3, 0.4) is 0 Å². The quantitative estimate of drug-likeness (QED) is 0.725. The van der Waals surface area contributed by atoms with Gasteiger partial charge in [0.15, 0.2) is 0 Å². The molecule has 1 unspecified atom stereocenters. The first-order valence-corrected chi connectivity index (χ1v) is 4.84. The lowest BCUT2D eigenvalue weighted by Crippen LogP contribution is -2.15. The van der Waals surface area contributed by atoms with E-state index in [9.17, 15) is 4.79 Å². The molecule has 78 valence electrons. The zero-order chi connectivity index (χ0) is 10.8. The molecule has 15 heavy (non-hydrogen) atoms. The van der Waals surface area contributed by atoms with Crippen molar-refractivity contribution in [2.45, 2.75) is 13.2 Å². The summed E-state index contributed by atoms with van der Waals surface area (Å²) in [4.78, 5) is 11.0. The van der Waals surface area contributed by atoms with Gasteiger partial charge < -0.3 is 9.47 Å². The lowest BCUT2D eigenvalue weighted by Gasteiger charge is -2.10. The molecule has 2 rings (SSSR count). The van der Waals surface area contributed by atoms with Gasteiger partial charge in [0.1, 0.15) is 5.75 Å². The second-order valence-corrected chi connectivity index (χ2v) is 3.63. The first-order valence-electron chi connectivity index (χ1n) is 4.47. The van der Waals surface area contributed by atoms with Gasteiger partial charge in [-0.1, -0.05) is 11.6 Å². The van der Waals surface area contributed by atoms with Crippen molar-refractivity contribution < 1.29 is 14.3 Å². The summed E-state index contributed by atoms with van der Waals surface area (Å²) in [7, 11) is 0. The van der Waals surface area contributed by atoms with Gasteiger partial charge in [-0.3, -0.25) is 0 Å². The standard InChI is InChI=1S/C11H9ClO3/c1-7-6-10(15-11(7)13)14-9-4-2-8(12)3-5-9/h2-6,10H,1H3. The average Bonchev–Trinajstić information content (AvgIpc) is 2.50. The van der Waals surface area contributed by atoms with Gasteiger partial charge in [0.05, 0.1) is 0 Å². The van der Waals surface area contributed by atoms with Crippen LogP contribution in [-0.4, -0.2) is 12.3 Å². The molecule has 1 aromatic carbocycles. The highest BCUT2D eigenvalue weighted by atomic mass is 35.5. The number of rotatable bonds is 2. The van der Waals surface area contributed by atoms with Crippen molar-refractivity contribution in [2.24, 2.45) is 0 Å². The van der Waals surface area contributed by atoms with E-state index in [1.807, 2.05) is 0 Å². The fraction of sp³-hybridized carbons (Fsp3) is 0.182. The van der Waals surface area contributed by atoms with Crippen LogP contribution in [0, 0.1) is 0 Å². The zero-order valence-corrected chi connectivity index (χ0v) is 8.82. The summed E-state index contributed by atoms with van der Waals surface area (Å²) >= 11 is 5.72. The van der Waals surface area contributed by atoms with Gasteiger partial charge in [0.2, 0.25) is 0 Å². The molecule has 0 amide bonds. The lowest BCUT2D eigenvalue weighted by atomic mass is 10.3. The third-order valence-electron chi connectivity index (χ3n) is 2.00. The van der Waals surface area contributed by atoms with Crippen LogP contribution >= 0.6 is 11.6 Å². The van der Waals surface area contributed by atoms with Gasteiger partial charge in [-0.25, -0.2) is 4.79 Å². The molecule has 0 spiro atoms. The predicted octanol–water partition coefficient (Wildman–Crippen LogP) is 2.55. The highest BCUT2D eigenvalue weighted by Crippen LogP contribution is 2.20. The van der Waals surface area contributed by atoms with Gasteiger partial charge in [-0.15, -0.1) is 0 Å². The summed E-state index contributed by atoms with van der Waals surface area (Å²) in [5.41, 5.74) is 0.564. The third-order valence-corrected chi connectivity index (χ3v) is 2.25. The molecule has 3 nitrogen and oxygen atoms in total. The summed E-state index contributed by atoms with van der Waals surface area (Å²) in [5, 5.41) is 0.637. The highest BCUT2D eigenvalue weighted by Gasteiger charge is 2.23. The highest BCUT2D eigenvalue weighted by molar-refractivity contribution is 6.30. The Hall–Kier alpha value is -1.48. The Kier molecular flexibility index (Phi) is 2.64. The number of benzene rings is 1. The van der Waals surface area contributed by atoms with Crippen LogP contribution in [0.4, 0.5) is 0 Å². The van der Waals surface area contributed by atoms with E-state index in [4.69, 9.17) is 21.1 Å². The smallest absolute Gasteiger partial charge is 0.336 e. The van der Waals surface area contributed by atoms with E-state index in [-0.39, 0.29) is 5.97 Å². The molecular weight excluding hydrogens is 216 g/mol. The predicted molar refractivity (Wildman–Crippen MR) is 55.7 cm³/mol. The second-order valence-electron chi connectivity index (χ2n) is 3.20. The maximum atomic E-state index is 11.0. The minimum atomic E-state index is -0.626. The molecular formula is C11H9ClO3. The van der Waals surface area contributed by atoms with Crippen LogP contribution in [0.25, 0.3) is 0 Å². The molecule has 0 aromatic heterocycles. The Balaban J connectivity index is 2.05. The third kappa shape index (κ3) is 2.30. The molecule has 0 aliphatic carbocycles. The molecule has 0 fully saturated rings. The van der Waals surface area contributed by atoms with Crippen molar-refractivity contribution in [1.82, 2.24) is 0 Å². The maximum absolute atomic E-state index is 11.0. The van der Waals surface area contributed by atoms with Crippen molar-refractivity contribution in [3.05, 3.63) is 40.9 Å². The van der Waals surface area contributed by atoms with E-state index in [2.05, 4.69) is 0 Å². The Labute approximate surface area is 92.3 Å². The number of hydrogen-bond acceptors (Lipinski definition) is 3. The Bertz CT molecular complexity index is 408. The molecule has 0 saturated carbocycles. The summed E-state index contributed by atoms with van der Waals surface area (Å²) in [5.74, 6) is 0.275. The monoisotopic (exact) mass is 224 g/mol. The first-order chi connectivity index (χ1) is 7.15. The van der Waals surface area contributed by atoms with Gasteiger partial charge in [-0.2, -0.15) is 0 Å². The van der Waals surface area contributed by atoms with E-state index in [1.54, 1.807) is 37.3 Å². The van der Waals surface area contributed by atoms with Gasteiger partial charge in [0.25, 0.3) is 6.29 Å². The van der Waals surface area contributed by atoms with E-state index in [1.165, 1.54) is 0 Å². The summed E-state index contributed by atoms with van der Waals surface area (Å²) in [6, 6.07) is 6.86. The number of carbonyl (C=O) groups excluding carboxylic acids is 1. The number of halogens is 1. The molecule has 1 aromatic rings. The normalized spacial score (nSPS) is 19.7. The summed E-state index contributed by atoms with van der Waals surface area (Å²) in [6.07, 6.45) is 1.01. The largest absolute Gasteiger partial charge is 0.451 e. The van der Waals surface area contributed by atoms with E-state index in [0.29, 0.717) is 16.3 Å². The fourth-order valence-electron chi connectivity index (χ4n) is 1.21. The van der Waals surface area contributed by atoms with E-state index >= 15 is 0 Å². The Morgan fingerprint density at radius 2 is 2.00 bits per heavy atom. The first kappa shape index (κ1) is 10.1.